The molecule has 4 atom stereocenters. The Morgan fingerprint density at radius 1 is 1.19 bits per heavy atom. The molecule has 1 saturated carbocycles. The van der Waals surface area contributed by atoms with E-state index in [9.17, 15) is 0 Å². The quantitative estimate of drug-likeness (QED) is 0.786. The van der Waals surface area contributed by atoms with E-state index in [1.807, 2.05) is 12.3 Å². The van der Waals surface area contributed by atoms with Gasteiger partial charge in [-0.05, 0) is 55.7 Å². The molecule has 1 aliphatic carbocycles. The molecule has 5 heteroatoms. The van der Waals surface area contributed by atoms with Crippen molar-refractivity contribution in [1.29, 1.82) is 0 Å². The summed E-state index contributed by atoms with van der Waals surface area (Å²) >= 11 is 6.70. The third kappa shape index (κ3) is 2.96. The summed E-state index contributed by atoms with van der Waals surface area (Å²) in [5, 5.41) is 1.62. The number of nitrogens with zero attached hydrogens (tertiary/aromatic N) is 2. The third-order valence-electron chi connectivity index (χ3n) is 6.73. The first-order valence-corrected chi connectivity index (χ1v) is 10.7. The number of hydrogen-bond donors (Lipinski definition) is 1. The molecule has 140 valence electrons. The van der Waals surface area contributed by atoms with E-state index < -0.39 is 0 Å². The molecule has 0 unspecified atom stereocenters. The Bertz CT molecular complexity index is 770. The van der Waals surface area contributed by atoms with Crippen LogP contribution in [0.25, 0.3) is 11.0 Å². The Labute approximate surface area is 160 Å². The minimum atomic E-state index is 0.201. The van der Waals surface area contributed by atoms with Crippen LogP contribution in [0.15, 0.2) is 18.3 Å². The van der Waals surface area contributed by atoms with Crippen molar-refractivity contribution in [2.24, 2.45) is 5.92 Å². The van der Waals surface area contributed by atoms with Crippen molar-refractivity contribution in [1.82, 2.24) is 14.9 Å². The number of aromatic amines is 1. The predicted molar refractivity (Wildman–Crippen MR) is 104 cm³/mol. The second-order valence-electron chi connectivity index (χ2n) is 8.21. The van der Waals surface area contributed by atoms with Crippen molar-refractivity contribution in [3.05, 3.63) is 29.6 Å². The first-order chi connectivity index (χ1) is 12.8. The molecule has 3 fully saturated rings. The van der Waals surface area contributed by atoms with Crippen LogP contribution in [0.4, 0.5) is 0 Å². The van der Waals surface area contributed by atoms with E-state index in [0.717, 1.165) is 44.6 Å². The van der Waals surface area contributed by atoms with Crippen molar-refractivity contribution in [3.8, 4) is 0 Å². The van der Waals surface area contributed by atoms with Gasteiger partial charge in [-0.2, -0.15) is 0 Å². The molecule has 0 spiro atoms. The number of pyridine rings is 1. The second kappa shape index (κ2) is 7.14. The minimum Gasteiger partial charge on any atom is -0.372 e. The zero-order valence-corrected chi connectivity index (χ0v) is 16.0. The van der Waals surface area contributed by atoms with Gasteiger partial charge in [0.15, 0.2) is 0 Å². The number of likely N-dealkylation sites (tertiary alicyclic amines) is 1. The molecule has 0 radical (unpaired) electrons. The molecule has 2 saturated heterocycles. The molecule has 4 nitrogen and oxygen atoms in total. The van der Waals surface area contributed by atoms with Crippen LogP contribution in [0.3, 0.4) is 0 Å². The van der Waals surface area contributed by atoms with Crippen molar-refractivity contribution in [3.63, 3.8) is 0 Å². The molecule has 26 heavy (non-hydrogen) atoms. The SMILES string of the molecule is Cl[C@@H]1CCN(Cc2c([C@H]3CCCO3)[nH]c3ncccc23)[C@@H]2CCCC[C@H]12. The maximum absolute atomic E-state index is 6.70. The Morgan fingerprint density at radius 2 is 2.12 bits per heavy atom. The summed E-state index contributed by atoms with van der Waals surface area (Å²) in [6, 6.07) is 4.89. The first kappa shape index (κ1) is 17.0. The highest BCUT2D eigenvalue weighted by atomic mass is 35.5. The average Bonchev–Trinajstić information content (AvgIpc) is 3.32. The van der Waals surface area contributed by atoms with Gasteiger partial charge in [0.1, 0.15) is 5.65 Å². The van der Waals surface area contributed by atoms with Gasteiger partial charge in [-0.15, -0.1) is 11.6 Å². The Hall–Kier alpha value is -1.10. The molecular weight excluding hydrogens is 346 g/mol. The van der Waals surface area contributed by atoms with Gasteiger partial charge in [-0.1, -0.05) is 12.8 Å². The molecular formula is C21H28ClN3O. The lowest BCUT2D eigenvalue weighted by Crippen LogP contribution is -2.50. The van der Waals surface area contributed by atoms with Crippen LogP contribution >= 0.6 is 11.6 Å². The van der Waals surface area contributed by atoms with E-state index in [2.05, 4.69) is 20.9 Å². The van der Waals surface area contributed by atoms with Crippen LogP contribution in [-0.4, -0.2) is 39.4 Å². The molecule has 2 aromatic rings. The van der Waals surface area contributed by atoms with Crippen molar-refractivity contribution in [2.75, 3.05) is 13.2 Å². The largest absolute Gasteiger partial charge is 0.372 e. The molecule has 2 aliphatic heterocycles. The number of fused-ring (bicyclic) bond motifs is 2. The third-order valence-corrected chi connectivity index (χ3v) is 7.27. The lowest BCUT2D eigenvalue weighted by Gasteiger charge is -2.46. The summed E-state index contributed by atoms with van der Waals surface area (Å²) < 4.78 is 6.02. The standard InChI is InChI=1S/C21H28ClN3O/c22-17-9-11-25(18-7-2-1-5-15(17)18)13-16-14-6-3-10-23-21(14)24-20(16)19-8-4-12-26-19/h3,6,10,15,17-19H,1-2,4-5,7-9,11-13H2,(H,23,24)/t15-,17-,18-,19-/m1/s1. The molecule has 5 rings (SSSR count). The lowest BCUT2D eigenvalue weighted by atomic mass is 9.78. The van der Waals surface area contributed by atoms with Gasteiger partial charge in [0.05, 0.1) is 11.8 Å². The fourth-order valence-corrected chi connectivity index (χ4v) is 5.82. The summed E-state index contributed by atoms with van der Waals surface area (Å²) in [6.45, 7) is 2.97. The molecule has 2 aromatic heterocycles. The van der Waals surface area contributed by atoms with Gasteiger partial charge < -0.3 is 9.72 Å². The number of halogens is 1. The fraction of sp³-hybridized carbons (Fsp3) is 0.667. The molecule has 3 aliphatic rings. The minimum absolute atomic E-state index is 0.201. The predicted octanol–water partition coefficient (Wildman–Crippen LogP) is 4.79. The van der Waals surface area contributed by atoms with Gasteiger partial charge in [0, 0.05) is 42.7 Å². The number of aromatic nitrogens is 2. The Morgan fingerprint density at radius 3 is 3.00 bits per heavy atom. The van der Waals surface area contributed by atoms with Gasteiger partial charge in [-0.3, -0.25) is 4.90 Å². The number of H-pyrrole nitrogens is 1. The topological polar surface area (TPSA) is 41.1 Å². The number of piperidine rings is 1. The van der Waals surface area contributed by atoms with Crippen LogP contribution in [0.2, 0.25) is 0 Å². The van der Waals surface area contributed by atoms with Crippen molar-refractivity contribution in [2.45, 2.75) is 69.0 Å². The van der Waals surface area contributed by atoms with Crippen LogP contribution in [0.5, 0.6) is 0 Å². The molecule has 0 amide bonds. The summed E-state index contributed by atoms with van der Waals surface area (Å²) in [6.07, 6.45) is 10.7. The lowest BCUT2D eigenvalue weighted by molar-refractivity contribution is 0.0562. The number of ether oxygens (including phenoxy) is 1. The summed E-state index contributed by atoms with van der Waals surface area (Å²) in [5.41, 5.74) is 3.66. The van der Waals surface area contributed by atoms with Crippen LogP contribution in [-0.2, 0) is 11.3 Å². The second-order valence-corrected chi connectivity index (χ2v) is 8.77. The highest BCUT2D eigenvalue weighted by Gasteiger charge is 2.39. The molecule has 1 N–H and O–H groups in total. The Kier molecular flexibility index (Phi) is 4.68. The highest BCUT2D eigenvalue weighted by Crippen LogP contribution is 2.40. The summed E-state index contributed by atoms with van der Waals surface area (Å²) in [4.78, 5) is 10.9. The van der Waals surface area contributed by atoms with Crippen molar-refractivity contribution >= 4 is 22.6 Å². The number of rotatable bonds is 3. The first-order valence-electron chi connectivity index (χ1n) is 10.3. The van der Waals surface area contributed by atoms with E-state index in [1.165, 1.54) is 42.3 Å². The van der Waals surface area contributed by atoms with E-state index in [-0.39, 0.29) is 6.10 Å². The smallest absolute Gasteiger partial charge is 0.137 e. The Balaban J connectivity index is 1.49. The summed E-state index contributed by atoms with van der Waals surface area (Å²) in [7, 11) is 0. The van der Waals surface area contributed by atoms with Gasteiger partial charge >= 0.3 is 0 Å². The maximum atomic E-state index is 6.70. The van der Waals surface area contributed by atoms with Gasteiger partial charge in [0.25, 0.3) is 0 Å². The zero-order valence-electron chi connectivity index (χ0n) is 15.3. The zero-order chi connectivity index (χ0) is 17.5. The fourth-order valence-electron chi connectivity index (χ4n) is 5.43. The molecule has 0 aromatic carbocycles. The number of alkyl halides is 1. The van der Waals surface area contributed by atoms with E-state index in [4.69, 9.17) is 16.3 Å². The summed E-state index contributed by atoms with van der Waals surface area (Å²) in [5.74, 6) is 0.661. The van der Waals surface area contributed by atoms with E-state index in [0.29, 0.717) is 17.3 Å². The van der Waals surface area contributed by atoms with Crippen LogP contribution < -0.4 is 0 Å². The molecule has 0 bridgehead atoms. The average molecular weight is 374 g/mol. The maximum Gasteiger partial charge on any atom is 0.137 e. The van der Waals surface area contributed by atoms with Gasteiger partial charge in [-0.25, -0.2) is 4.98 Å². The molecule has 4 heterocycles. The van der Waals surface area contributed by atoms with E-state index >= 15 is 0 Å². The monoisotopic (exact) mass is 373 g/mol. The highest BCUT2D eigenvalue weighted by molar-refractivity contribution is 6.20. The normalized spacial score (nSPS) is 32.8. The van der Waals surface area contributed by atoms with Gasteiger partial charge in [0.2, 0.25) is 0 Å². The van der Waals surface area contributed by atoms with Crippen LogP contribution in [0, 0.1) is 5.92 Å². The number of nitrogens with one attached hydrogen (secondary N) is 1. The van der Waals surface area contributed by atoms with E-state index in [1.54, 1.807) is 0 Å². The van der Waals surface area contributed by atoms with Crippen LogP contribution in [0.1, 0.15) is 62.3 Å². The number of hydrogen-bond acceptors (Lipinski definition) is 3. The van der Waals surface area contributed by atoms with Crippen molar-refractivity contribution < 1.29 is 4.74 Å².